The molecule has 0 heterocycles. The molecule has 0 bridgehead atoms. The van der Waals surface area contributed by atoms with Crippen LogP contribution in [0.15, 0.2) is 60.7 Å². The van der Waals surface area contributed by atoms with Crippen molar-refractivity contribution in [2.24, 2.45) is 0 Å². The van der Waals surface area contributed by atoms with Gasteiger partial charge in [-0.25, -0.2) is 0 Å². The van der Waals surface area contributed by atoms with E-state index in [1.165, 1.54) is 12.1 Å². The van der Waals surface area contributed by atoms with E-state index in [1.54, 1.807) is 12.1 Å². The molecule has 3 rings (SSSR count). The summed E-state index contributed by atoms with van der Waals surface area (Å²) < 4.78 is 14.6. The van der Waals surface area contributed by atoms with Gasteiger partial charge in [-0.1, -0.05) is 66.2 Å². The van der Waals surface area contributed by atoms with Gasteiger partial charge in [0.25, 0.3) is 0 Å². The first-order valence-electron chi connectivity index (χ1n) is 7.28. The Morgan fingerprint density at radius 3 is 2.08 bits per heavy atom. The molecule has 3 nitrogen and oxygen atoms in total. The number of hydrogen-bond donors (Lipinski definition) is 0. The summed E-state index contributed by atoms with van der Waals surface area (Å²) >= 11 is 6.41. The third-order valence-electron chi connectivity index (χ3n) is 3.87. The van der Waals surface area contributed by atoms with E-state index in [-0.39, 0.29) is 5.56 Å². The second-order valence-corrected chi connectivity index (χ2v) is 5.76. The highest BCUT2D eigenvalue weighted by atomic mass is 35.5. The minimum absolute atomic E-state index is 0.178. The molecule has 0 fully saturated rings. The molecule has 120 valence electrons. The quantitative estimate of drug-likeness (QED) is 0.431. The summed E-state index contributed by atoms with van der Waals surface area (Å²) in [6.45, 7) is 1.89. The van der Waals surface area contributed by atoms with Crippen LogP contribution in [0.4, 0.5) is 10.1 Å². The largest absolute Gasteiger partial charge is 0.305 e. The number of rotatable bonds is 3. The third kappa shape index (κ3) is 2.76. The summed E-state index contributed by atoms with van der Waals surface area (Å²) in [5, 5.41) is 11.6. The van der Waals surface area contributed by atoms with E-state index in [1.807, 2.05) is 37.3 Å². The second kappa shape index (κ2) is 6.42. The lowest BCUT2D eigenvalue weighted by Gasteiger charge is -2.13. The highest BCUT2D eigenvalue weighted by Crippen LogP contribution is 2.39. The molecule has 5 heteroatoms. The van der Waals surface area contributed by atoms with Crippen LogP contribution >= 0.6 is 11.6 Å². The predicted molar refractivity (Wildman–Crippen MR) is 93.7 cm³/mol. The zero-order chi connectivity index (χ0) is 17.3. The van der Waals surface area contributed by atoms with Gasteiger partial charge in [-0.05, 0) is 23.6 Å². The van der Waals surface area contributed by atoms with Gasteiger partial charge in [0.2, 0.25) is 5.82 Å². The number of aryl methyl sites for hydroxylation is 1. The first kappa shape index (κ1) is 16.1. The van der Waals surface area contributed by atoms with Gasteiger partial charge in [-0.15, -0.1) is 0 Å². The second-order valence-electron chi connectivity index (χ2n) is 5.38. The molecular weight excluding hydrogens is 329 g/mol. The lowest BCUT2D eigenvalue weighted by atomic mass is 9.93. The van der Waals surface area contributed by atoms with Crippen LogP contribution in [0.25, 0.3) is 22.3 Å². The molecule has 0 unspecified atom stereocenters. The normalized spacial score (nSPS) is 10.6. The zero-order valence-electron chi connectivity index (χ0n) is 12.8. The fourth-order valence-electron chi connectivity index (χ4n) is 2.68. The summed E-state index contributed by atoms with van der Waals surface area (Å²) in [5.74, 6) is -0.848. The smallest absolute Gasteiger partial charge is 0.258 e. The van der Waals surface area contributed by atoms with Crippen molar-refractivity contribution < 1.29 is 9.31 Å². The van der Waals surface area contributed by atoms with Crippen LogP contribution in [0.2, 0.25) is 5.02 Å². The third-order valence-corrected chi connectivity index (χ3v) is 4.38. The Morgan fingerprint density at radius 2 is 1.42 bits per heavy atom. The van der Waals surface area contributed by atoms with E-state index in [0.29, 0.717) is 10.6 Å². The van der Waals surface area contributed by atoms with Crippen LogP contribution in [0.3, 0.4) is 0 Å². The Balaban J connectivity index is 2.27. The van der Waals surface area contributed by atoms with E-state index < -0.39 is 16.4 Å². The van der Waals surface area contributed by atoms with Gasteiger partial charge in [0.15, 0.2) is 0 Å². The molecule has 0 aromatic heterocycles. The topological polar surface area (TPSA) is 43.1 Å². The average Bonchev–Trinajstić information content (AvgIpc) is 2.57. The van der Waals surface area contributed by atoms with Crippen molar-refractivity contribution in [3.63, 3.8) is 0 Å². The van der Waals surface area contributed by atoms with Gasteiger partial charge in [0.1, 0.15) is 0 Å². The molecular formula is C19H13ClFNO2. The minimum atomic E-state index is -0.848. The van der Waals surface area contributed by atoms with Gasteiger partial charge in [0, 0.05) is 17.2 Å². The number of nitro benzene ring substituents is 1. The van der Waals surface area contributed by atoms with E-state index in [2.05, 4.69) is 0 Å². The number of benzene rings is 3. The molecule has 3 aromatic rings. The SMILES string of the molecule is Cc1cccc(-c2ccccc2-c2cccc([N+](=O)[O-])c2F)c1Cl. The first-order chi connectivity index (χ1) is 11.5. The van der Waals surface area contributed by atoms with Crippen LogP contribution in [-0.2, 0) is 0 Å². The number of hydrogen-bond acceptors (Lipinski definition) is 2. The monoisotopic (exact) mass is 341 g/mol. The van der Waals surface area contributed by atoms with E-state index in [9.17, 15) is 14.5 Å². The lowest BCUT2D eigenvalue weighted by Crippen LogP contribution is -1.96. The maximum absolute atomic E-state index is 14.6. The zero-order valence-corrected chi connectivity index (χ0v) is 13.5. The summed E-state index contributed by atoms with van der Waals surface area (Å²) in [7, 11) is 0. The Bertz CT molecular complexity index is 940. The van der Waals surface area contributed by atoms with E-state index in [0.717, 1.165) is 22.8 Å². The van der Waals surface area contributed by atoms with Gasteiger partial charge >= 0.3 is 5.69 Å². The van der Waals surface area contributed by atoms with Crippen molar-refractivity contribution in [3.8, 4) is 22.3 Å². The van der Waals surface area contributed by atoms with Crippen LogP contribution in [-0.4, -0.2) is 4.92 Å². The fraction of sp³-hybridized carbons (Fsp3) is 0.0526. The van der Waals surface area contributed by atoms with Crippen LogP contribution in [0.1, 0.15) is 5.56 Å². The molecule has 0 saturated carbocycles. The summed E-state index contributed by atoms with van der Waals surface area (Å²) in [6, 6.07) is 16.9. The van der Waals surface area contributed by atoms with Crippen LogP contribution in [0.5, 0.6) is 0 Å². The molecule has 0 amide bonds. The first-order valence-corrected chi connectivity index (χ1v) is 7.66. The molecule has 0 N–H and O–H groups in total. The Kier molecular flexibility index (Phi) is 4.32. The maximum Gasteiger partial charge on any atom is 0.305 e. The fourth-order valence-corrected chi connectivity index (χ4v) is 2.90. The molecule has 3 aromatic carbocycles. The lowest BCUT2D eigenvalue weighted by molar-refractivity contribution is -0.387. The van der Waals surface area contributed by atoms with Crippen molar-refractivity contribution in [3.05, 3.63) is 87.2 Å². The molecule has 0 aliphatic heterocycles. The minimum Gasteiger partial charge on any atom is -0.258 e. The molecule has 0 radical (unpaired) electrons. The van der Waals surface area contributed by atoms with E-state index in [4.69, 9.17) is 11.6 Å². The van der Waals surface area contributed by atoms with Crippen LogP contribution in [0, 0.1) is 22.9 Å². The number of halogens is 2. The molecule has 0 spiro atoms. The molecule has 24 heavy (non-hydrogen) atoms. The molecule has 0 saturated heterocycles. The standard InChI is InChI=1S/C19H13ClFNO2/c1-12-6-4-9-15(18(12)20)13-7-2-3-8-14(13)16-10-5-11-17(19(16)21)22(23)24/h2-11H,1H3. The number of nitro groups is 1. The summed E-state index contributed by atoms with van der Waals surface area (Å²) in [4.78, 5) is 10.3. The Labute approximate surface area is 143 Å². The van der Waals surface area contributed by atoms with Crippen molar-refractivity contribution in [2.75, 3.05) is 0 Å². The highest BCUT2D eigenvalue weighted by Gasteiger charge is 2.20. The van der Waals surface area contributed by atoms with Crippen LogP contribution < -0.4 is 0 Å². The molecule has 0 aliphatic carbocycles. The van der Waals surface area contributed by atoms with Gasteiger partial charge in [0.05, 0.1) is 9.95 Å². The molecule has 0 atom stereocenters. The van der Waals surface area contributed by atoms with Crippen molar-refractivity contribution >= 4 is 17.3 Å². The maximum atomic E-state index is 14.6. The van der Waals surface area contributed by atoms with Crippen molar-refractivity contribution in [1.82, 2.24) is 0 Å². The average molecular weight is 342 g/mol. The van der Waals surface area contributed by atoms with Gasteiger partial charge in [-0.2, -0.15) is 4.39 Å². The summed E-state index contributed by atoms with van der Waals surface area (Å²) in [6.07, 6.45) is 0. The van der Waals surface area contributed by atoms with E-state index >= 15 is 0 Å². The Morgan fingerprint density at radius 1 is 0.875 bits per heavy atom. The van der Waals surface area contributed by atoms with Gasteiger partial charge < -0.3 is 0 Å². The summed E-state index contributed by atoms with van der Waals surface area (Å²) in [5.41, 5.74) is 2.59. The highest BCUT2D eigenvalue weighted by molar-refractivity contribution is 6.34. The van der Waals surface area contributed by atoms with Crippen molar-refractivity contribution in [2.45, 2.75) is 6.92 Å². The number of nitrogens with zero attached hydrogens (tertiary/aromatic N) is 1. The molecule has 0 aliphatic rings. The predicted octanol–water partition coefficient (Wildman–Crippen LogP) is 6.03. The van der Waals surface area contributed by atoms with Crippen molar-refractivity contribution in [1.29, 1.82) is 0 Å². The van der Waals surface area contributed by atoms with Gasteiger partial charge in [-0.3, -0.25) is 10.1 Å². The Hall–Kier alpha value is -2.72.